The summed E-state index contributed by atoms with van der Waals surface area (Å²) in [6.07, 6.45) is 4.83. The molecule has 0 saturated carbocycles. The standard InChI is InChI=1S/C10H16Si/c1-9-7-11(8-10(9)2)5-3-4-6-11/h3-4H,5-8H2,1-2H3. The largest absolute Gasteiger partial charge is 0.0914 e. The fourth-order valence-corrected chi connectivity index (χ4v) is 7.58. The van der Waals surface area contributed by atoms with Crippen LogP contribution in [0.15, 0.2) is 23.3 Å². The van der Waals surface area contributed by atoms with Crippen LogP contribution < -0.4 is 0 Å². The molecule has 0 saturated heterocycles. The van der Waals surface area contributed by atoms with E-state index in [0.717, 1.165) is 0 Å². The summed E-state index contributed by atoms with van der Waals surface area (Å²) in [4.78, 5) is 0. The first-order chi connectivity index (χ1) is 5.22. The molecule has 60 valence electrons. The lowest BCUT2D eigenvalue weighted by molar-refractivity contribution is 1.28. The van der Waals surface area contributed by atoms with Crippen LogP contribution in [0.25, 0.3) is 0 Å². The van der Waals surface area contributed by atoms with Crippen LogP contribution in [0.2, 0.25) is 24.2 Å². The Hall–Kier alpha value is -0.303. The van der Waals surface area contributed by atoms with E-state index in [1.807, 2.05) is 0 Å². The third-order valence-electron chi connectivity index (χ3n) is 3.28. The maximum atomic E-state index is 2.41. The number of rotatable bonds is 0. The van der Waals surface area contributed by atoms with Crippen molar-refractivity contribution in [3.8, 4) is 0 Å². The Morgan fingerprint density at radius 2 is 1.45 bits per heavy atom. The van der Waals surface area contributed by atoms with Gasteiger partial charge in [-0.25, -0.2) is 0 Å². The van der Waals surface area contributed by atoms with Crippen molar-refractivity contribution >= 4 is 8.07 Å². The van der Waals surface area contributed by atoms with Crippen molar-refractivity contribution in [1.82, 2.24) is 0 Å². The summed E-state index contributed by atoms with van der Waals surface area (Å²) in [5.41, 5.74) is 3.42. The lowest BCUT2D eigenvalue weighted by atomic mass is 10.2. The molecular weight excluding hydrogens is 148 g/mol. The van der Waals surface area contributed by atoms with Gasteiger partial charge in [-0.15, -0.1) is 0 Å². The molecule has 0 N–H and O–H groups in total. The highest BCUT2D eigenvalue weighted by Crippen LogP contribution is 2.43. The van der Waals surface area contributed by atoms with Crippen molar-refractivity contribution in [3.63, 3.8) is 0 Å². The van der Waals surface area contributed by atoms with Crippen LogP contribution >= 0.6 is 0 Å². The van der Waals surface area contributed by atoms with Gasteiger partial charge in [0.1, 0.15) is 0 Å². The van der Waals surface area contributed by atoms with Crippen molar-refractivity contribution in [2.45, 2.75) is 38.0 Å². The molecule has 0 aromatic carbocycles. The van der Waals surface area contributed by atoms with Crippen LogP contribution in [-0.2, 0) is 0 Å². The van der Waals surface area contributed by atoms with Gasteiger partial charge in [0.05, 0.1) is 8.07 Å². The summed E-state index contributed by atoms with van der Waals surface area (Å²) >= 11 is 0. The van der Waals surface area contributed by atoms with Gasteiger partial charge < -0.3 is 0 Å². The summed E-state index contributed by atoms with van der Waals surface area (Å²) in [6, 6.07) is 5.90. The highest BCUT2D eigenvalue weighted by atomic mass is 28.3. The van der Waals surface area contributed by atoms with Crippen molar-refractivity contribution in [2.75, 3.05) is 0 Å². The predicted octanol–water partition coefficient (Wildman–Crippen LogP) is 3.36. The summed E-state index contributed by atoms with van der Waals surface area (Å²) < 4.78 is 0. The average Bonchev–Trinajstić information content (AvgIpc) is 2.46. The molecule has 2 heterocycles. The maximum Gasteiger partial charge on any atom is 0.0691 e. The van der Waals surface area contributed by atoms with E-state index >= 15 is 0 Å². The van der Waals surface area contributed by atoms with Gasteiger partial charge in [-0.2, -0.15) is 0 Å². The molecule has 0 nitrogen and oxygen atoms in total. The van der Waals surface area contributed by atoms with Crippen molar-refractivity contribution in [3.05, 3.63) is 23.3 Å². The van der Waals surface area contributed by atoms with Crippen molar-refractivity contribution in [2.24, 2.45) is 0 Å². The second kappa shape index (κ2) is 2.34. The molecular formula is C10H16Si. The van der Waals surface area contributed by atoms with Gasteiger partial charge in [-0.3, -0.25) is 0 Å². The molecule has 2 aliphatic heterocycles. The first-order valence-corrected chi connectivity index (χ1v) is 7.35. The third kappa shape index (κ3) is 1.12. The molecule has 11 heavy (non-hydrogen) atoms. The highest BCUT2D eigenvalue weighted by molar-refractivity contribution is 6.83. The lowest BCUT2D eigenvalue weighted by Crippen LogP contribution is -2.26. The summed E-state index contributed by atoms with van der Waals surface area (Å²) in [7, 11) is -0.780. The molecule has 0 fully saturated rings. The summed E-state index contributed by atoms with van der Waals surface area (Å²) in [6.45, 7) is 4.66. The molecule has 0 amide bonds. The molecule has 1 spiro atoms. The molecule has 0 aromatic heterocycles. The Kier molecular flexibility index (Phi) is 1.57. The average molecular weight is 164 g/mol. The minimum Gasteiger partial charge on any atom is -0.0914 e. The lowest BCUT2D eigenvalue weighted by Gasteiger charge is -2.19. The Balaban J connectivity index is 2.14. The van der Waals surface area contributed by atoms with Crippen LogP contribution in [-0.4, -0.2) is 8.07 Å². The van der Waals surface area contributed by atoms with Crippen molar-refractivity contribution in [1.29, 1.82) is 0 Å². The fourth-order valence-electron chi connectivity index (χ4n) is 2.53. The van der Waals surface area contributed by atoms with Gasteiger partial charge >= 0.3 is 0 Å². The quantitative estimate of drug-likeness (QED) is 0.380. The predicted molar refractivity (Wildman–Crippen MR) is 52.5 cm³/mol. The normalized spacial score (nSPS) is 27.5. The topological polar surface area (TPSA) is 0 Å². The van der Waals surface area contributed by atoms with E-state index in [9.17, 15) is 0 Å². The Bertz CT molecular complexity index is 211. The molecule has 0 atom stereocenters. The monoisotopic (exact) mass is 164 g/mol. The second-order valence-corrected chi connectivity index (χ2v) is 8.82. The van der Waals surface area contributed by atoms with Gasteiger partial charge in [0.15, 0.2) is 0 Å². The van der Waals surface area contributed by atoms with Crippen LogP contribution in [0, 0.1) is 0 Å². The zero-order valence-corrected chi connectivity index (χ0v) is 8.48. The fraction of sp³-hybridized carbons (Fsp3) is 0.600. The van der Waals surface area contributed by atoms with Crippen LogP contribution in [0.1, 0.15) is 13.8 Å². The third-order valence-corrected chi connectivity index (χ3v) is 8.04. The summed E-state index contributed by atoms with van der Waals surface area (Å²) in [5.74, 6) is 0. The minimum atomic E-state index is -0.780. The van der Waals surface area contributed by atoms with E-state index < -0.39 is 8.07 Å². The van der Waals surface area contributed by atoms with Gasteiger partial charge in [-0.1, -0.05) is 23.3 Å². The Morgan fingerprint density at radius 3 is 1.91 bits per heavy atom. The van der Waals surface area contributed by atoms with E-state index in [2.05, 4.69) is 26.0 Å². The maximum absolute atomic E-state index is 2.41. The number of hydrogen-bond acceptors (Lipinski definition) is 0. The van der Waals surface area contributed by atoms with Gasteiger partial charge in [0.25, 0.3) is 0 Å². The number of allylic oxidation sites excluding steroid dienone is 4. The van der Waals surface area contributed by atoms with Gasteiger partial charge in [0, 0.05) is 0 Å². The Labute approximate surface area is 70.0 Å². The summed E-state index contributed by atoms with van der Waals surface area (Å²) in [5, 5.41) is 0. The Morgan fingerprint density at radius 1 is 1.00 bits per heavy atom. The minimum absolute atomic E-state index is 0.780. The molecule has 1 heteroatoms. The number of hydrogen-bond donors (Lipinski definition) is 0. The smallest absolute Gasteiger partial charge is 0.0691 e. The molecule has 0 bridgehead atoms. The van der Waals surface area contributed by atoms with E-state index in [1.165, 1.54) is 24.2 Å². The van der Waals surface area contributed by atoms with E-state index in [-0.39, 0.29) is 0 Å². The molecule has 0 radical (unpaired) electrons. The van der Waals surface area contributed by atoms with Crippen molar-refractivity contribution < 1.29 is 0 Å². The first kappa shape index (κ1) is 7.35. The van der Waals surface area contributed by atoms with Crippen LogP contribution in [0.5, 0.6) is 0 Å². The SMILES string of the molecule is CC1=C(C)C[Si]2(CC=CC2)C1. The highest BCUT2D eigenvalue weighted by Gasteiger charge is 2.38. The van der Waals surface area contributed by atoms with E-state index in [4.69, 9.17) is 0 Å². The molecule has 0 aliphatic carbocycles. The molecule has 2 aliphatic rings. The second-order valence-electron chi connectivity index (χ2n) is 4.29. The van der Waals surface area contributed by atoms with E-state index in [0.29, 0.717) is 0 Å². The molecule has 2 rings (SSSR count). The first-order valence-electron chi connectivity index (χ1n) is 4.52. The molecule has 0 aromatic rings. The van der Waals surface area contributed by atoms with Gasteiger partial charge in [0.2, 0.25) is 0 Å². The zero-order valence-electron chi connectivity index (χ0n) is 7.48. The molecule has 0 unspecified atom stereocenters. The zero-order chi connectivity index (χ0) is 7.90. The van der Waals surface area contributed by atoms with E-state index in [1.54, 1.807) is 11.1 Å². The van der Waals surface area contributed by atoms with Gasteiger partial charge in [-0.05, 0) is 38.0 Å². The van der Waals surface area contributed by atoms with Crippen LogP contribution in [0.4, 0.5) is 0 Å². The van der Waals surface area contributed by atoms with Crippen LogP contribution in [0.3, 0.4) is 0 Å².